The van der Waals surface area contributed by atoms with Crippen LogP contribution in [0.2, 0.25) is 0 Å². The molecule has 0 saturated carbocycles. The van der Waals surface area contributed by atoms with E-state index in [2.05, 4.69) is 17.6 Å². The number of carbonyl (C=O) groups excluding carboxylic acids is 1. The number of rotatable bonds is 9. The molecule has 2 atom stereocenters. The van der Waals surface area contributed by atoms with Gasteiger partial charge < -0.3 is 15.7 Å². The third kappa shape index (κ3) is 7.03. The lowest BCUT2D eigenvalue weighted by molar-refractivity contribution is -0.147. The van der Waals surface area contributed by atoms with E-state index in [1.807, 2.05) is 6.92 Å². The van der Waals surface area contributed by atoms with Crippen molar-refractivity contribution in [3.8, 4) is 0 Å². The molecule has 5 nitrogen and oxygen atoms in total. The minimum Gasteiger partial charge on any atom is -0.481 e. The van der Waals surface area contributed by atoms with Gasteiger partial charge in [0.1, 0.15) is 0 Å². The molecular weight excluding hydrogens is 244 g/mol. The van der Waals surface area contributed by atoms with Crippen molar-refractivity contribution in [2.45, 2.75) is 65.8 Å². The first-order chi connectivity index (χ1) is 8.85. The van der Waals surface area contributed by atoms with Crippen LogP contribution in [0.15, 0.2) is 0 Å². The van der Waals surface area contributed by atoms with Crippen LogP contribution < -0.4 is 10.6 Å². The number of carbonyl (C=O) groups is 2. The van der Waals surface area contributed by atoms with Crippen LogP contribution in [0.5, 0.6) is 0 Å². The number of hydrogen-bond acceptors (Lipinski definition) is 2. The molecule has 0 spiro atoms. The fourth-order valence-electron chi connectivity index (χ4n) is 1.67. The number of aliphatic carboxylic acids is 1. The van der Waals surface area contributed by atoms with Gasteiger partial charge >= 0.3 is 12.0 Å². The molecule has 0 aromatic heterocycles. The van der Waals surface area contributed by atoms with Crippen LogP contribution in [0.1, 0.15) is 59.8 Å². The van der Waals surface area contributed by atoms with Gasteiger partial charge in [-0.2, -0.15) is 0 Å². The van der Waals surface area contributed by atoms with Crippen LogP contribution in [-0.4, -0.2) is 29.7 Å². The molecular formula is C14H28N2O3. The highest BCUT2D eigenvalue weighted by Gasteiger charge is 2.31. The van der Waals surface area contributed by atoms with Gasteiger partial charge in [0.25, 0.3) is 0 Å². The summed E-state index contributed by atoms with van der Waals surface area (Å²) >= 11 is 0. The largest absolute Gasteiger partial charge is 0.481 e. The minimum absolute atomic E-state index is 0.115. The zero-order valence-corrected chi connectivity index (χ0v) is 12.6. The number of unbranched alkanes of at least 4 members (excludes halogenated alkanes) is 2. The summed E-state index contributed by atoms with van der Waals surface area (Å²) in [7, 11) is 0. The molecule has 0 aliphatic carbocycles. The second-order valence-corrected chi connectivity index (χ2v) is 5.44. The Morgan fingerprint density at radius 2 is 1.89 bits per heavy atom. The van der Waals surface area contributed by atoms with Crippen molar-refractivity contribution in [3.05, 3.63) is 0 Å². The lowest BCUT2D eigenvalue weighted by atomic mass is 9.88. The molecule has 0 fully saturated rings. The summed E-state index contributed by atoms with van der Waals surface area (Å²) in [6, 6.07) is -0.172. The summed E-state index contributed by atoms with van der Waals surface area (Å²) in [5, 5.41) is 14.6. The van der Waals surface area contributed by atoms with E-state index in [1.54, 1.807) is 13.8 Å². The number of hydrogen-bond donors (Lipinski definition) is 3. The Balaban J connectivity index is 4.01. The van der Waals surface area contributed by atoms with Gasteiger partial charge in [-0.15, -0.1) is 0 Å². The predicted octanol–water partition coefficient (Wildman–Crippen LogP) is 2.76. The number of carboxylic acids is 1. The molecule has 112 valence electrons. The average Bonchev–Trinajstić information content (AvgIpc) is 2.36. The van der Waals surface area contributed by atoms with Crippen molar-refractivity contribution in [2.75, 3.05) is 6.54 Å². The van der Waals surface area contributed by atoms with Crippen LogP contribution in [-0.2, 0) is 4.79 Å². The quantitative estimate of drug-likeness (QED) is 0.565. The molecule has 3 N–H and O–H groups in total. The summed E-state index contributed by atoms with van der Waals surface area (Å²) < 4.78 is 0. The van der Waals surface area contributed by atoms with Crippen LogP contribution in [0.25, 0.3) is 0 Å². The SMILES string of the molecule is CCCCCC(C)NC(=O)NCC(C)(CC)C(=O)O. The molecule has 0 aromatic carbocycles. The normalized spacial score (nSPS) is 15.4. The summed E-state index contributed by atoms with van der Waals surface area (Å²) in [5.41, 5.74) is -0.900. The number of carboxylic acid groups (broad SMARTS) is 1. The van der Waals surface area contributed by atoms with E-state index in [-0.39, 0.29) is 18.6 Å². The van der Waals surface area contributed by atoms with E-state index in [4.69, 9.17) is 5.11 Å². The Hall–Kier alpha value is -1.26. The summed E-state index contributed by atoms with van der Waals surface area (Å²) in [6.45, 7) is 7.70. The van der Waals surface area contributed by atoms with Gasteiger partial charge in [-0.05, 0) is 26.7 Å². The smallest absolute Gasteiger partial charge is 0.315 e. The average molecular weight is 272 g/mol. The first-order valence-corrected chi connectivity index (χ1v) is 7.13. The van der Waals surface area contributed by atoms with Gasteiger partial charge in [-0.3, -0.25) is 4.79 Å². The van der Waals surface area contributed by atoms with Gasteiger partial charge in [0.05, 0.1) is 5.41 Å². The lowest BCUT2D eigenvalue weighted by Gasteiger charge is -2.24. The molecule has 2 unspecified atom stereocenters. The summed E-state index contributed by atoms with van der Waals surface area (Å²) in [6.07, 6.45) is 4.85. The highest BCUT2D eigenvalue weighted by atomic mass is 16.4. The monoisotopic (exact) mass is 272 g/mol. The highest BCUT2D eigenvalue weighted by molar-refractivity contribution is 5.77. The Kier molecular flexibility index (Phi) is 8.19. The van der Waals surface area contributed by atoms with Crippen molar-refractivity contribution < 1.29 is 14.7 Å². The fourth-order valence-corrected chi connectivity index (χ4v) is 1.67. The van der Waals surface area contributed by atoms with Gasteiger partial charge in [0.15, 0.2) is 0 Å². The standard InChI is InChI=1S/C14H28N2O3/c1-5-7-8-9-11(3)16-13(19)15-10-14(4,6-2)12(17)18/h11H,5-10H2,1-4H3,(H,17,18)(H2,15,16,19). The molecule has 0 saturated heterocycles. The van der Waals surface area contributed by atoms with E-state index < -0.39 is 11.4 Å². The van der Waals surface area contributed by atoms with Crippen molar-refractivity contribution in [1.29, 1.82) is 0 Å². The van der Waals surface area contributed by atoms with Crippen molar-refractivity contribution >= 4 is 12.0 Å². The molecule has 0 aliphatic rings. The Morgan fingerprint density at radius 3 is 2.37 bits per heavy atom. The zero-order valence-electron chi connectivity index (χ0n) is 12.6. The predicted molar refractivity (Wildman–Crippen MR) is 76.2 cm³/mol. The number of nitrogens with one attached hydrogen (secondary N) is 2. The van der Waals surface area contributed by atoms with Crippen LogP contribution >= 0.6 is 0 Å². The molecule has 5 heteroatoms. The molecule has 0 aliphatic heterocycles. The third-order valence-corrected chi connectivity index (χ3v) is 3.55. The van der Waals surface area contributed by atoms with Gasteiger partial charge in [0.2, 0.25) is 0 Å². The molecule has 19 heavy (non-hydrogen) atoms. The second kappa shape index (κ2) is 8.77. The topological polar surface area (TPSA) is 78.4 Å². The van der Waals surface area contributed by atoms with E-state index in [1.165, 1.54) is 6.42 Å². The molecule has 0 radical (unpaired) electrons. The molecule has 0 rings (SSSR count). The van der Waals surface area contributed by atoms with Crippen LogP contribution in [0.4, 0.5) is 4.79 Å². The molecule has 0 heterocycles. The zero-order chi connectivity index (χ0) is 14.9. The highest BCUT2D eigenvalue weighted by Crippen LogP contribution is 2.19. The van der Waals surface area contributed by atoms with Crippen LogP contribution in [0, 0.1) is 5.41 Å². The van der Waals surface area contributed by atoms with E-state index in [0.717, 1.165) is 19.3 Å². The van der Waals surface area contributed by atoms with Crippen molar-refractivity contribution in [2.24, 2.45) is 5.41 Å². The molecule has 0 bridgehead atoms. The maximum absolute atomic E-state index is 11.7. The molecule has 2 amide bonds. The number of amides is 2. The minimum atomic E-state index is -0.900. The summed E-state index contributed by atoms with van der Waals surface area (Å²) in [5.74, 6) is -0.883. The van der Waals surface area contributed by atoms with E-state index in [9.17, 15) is 9.59 Å². The van der Waals surface area contributed by atoms with Crippen molar-refractivity contribution in [1.82, 2.24) is 10.6 Å². The van der Waals surface area contributed by atoms with E-state index in [0.29, 0.717) is 6.42 Å². The Morgan fingerprint density at radius 1 is 1.26 bits per heavy atom. The number of urea groups is 1. The van der Waals surface area contributed by atoms with Gasteiger partial charge in [-0.25, -0.2) is 4.79 Å². The Bertz CT molecular complexity index is 294. The maximum atomic E-state index is 11.7. The first kappa shape index (κ1) is 17.7. The van der Waals surface area contributed by atoms with Crippen molar-refractivity contribution in [3.63, 3.8) is 0 Å². The third-order valence-electron chi connectivity index (χ3n) is 3.55. The maximum Gasteiger partial charge on any atom is 0.315 e. The summed E-state index contributed by atoms with van der Waals surface area (Å²) in [4.78, 5) is 22.7. The van der Waals surface area contributed by atoms with Gasteiger partial charge in [0, 0.05) is 12.6 Å². The molecule has 0 aromatic rings. The first-order valence-electron chi connectivity index (χ1n) is 7.13. The van der Waals surface area contributed by atoms with E-state index >= 15 is 0 Å². The Labute approximate surface area is 116 Å². The second-order valence-electron chi connectivity index (χ2n) is 5.44. The van der Waals surface area contributed by atoms with Gasteiger partial charge in [-0.1, -0.05) is 33.1 Å². The lowest BCUT2D eigenvalue weighted by Crippen LogP contribution is -2.46. The fraction of sp³-hybridized carbons (Fsp3) is 0.857. The van der Waals surface area contributed by atoms with Crippen LogP contribution in [0.3, 0.4) is 0 Å².